The van der Waals surface area contributed by atoms with E-state index in [1.54, 1.807) is 26.2 Å². The number of hydrogen-bond donors (Lipinski definition) is 1. The van der Waals surface area contributed by atoms with E-state index in [2.05, 4.69) is 5.32 Å². The molecule has 3 rings (SSSR count). The lowest BCUT2D eigenvalue weighted by molar-refractivity contribution is -0.140. The van der Waals surface area contributed by atoms with Crippen LogP contribution in [0.4, 0.5) is 4.39 Å². The van der Waals surface area contributed by atoms with Crippen LogP contribution in [0.25, 0.3) is 0 Å². The van der Waals surface area contributed by atoms with Gasteiger partial charge in [0.15, 0.2) is 0 Å². The quantitative estimate of drug-likeness (QED) is 0.551. The molecule has 1 N–H and O–H groups in total. The fourth-order valence-corrected chi connectivity index (χ4v) is 3.32. The number of methoxy groups -OCH3 is 1. The molecule has 1 atom stereocenters. The van der Waals surface area contributed by atoms with Gasteiger partial charge in [0.1, 0.15) is 17.6 Å². The Labute approximate surface area is 187 Å². The molecule has 166 valence electrons. The maximum atomic E-state index is 13.3. The lowest BCUT2D eigenvalue weighted by Gasteiger charge is -2.29. The summed E-state index contributed by atoms with van der Waals surface area (Å²) in [6.45, 7) is 2.25. The number of hydrogen-bond acceptors (Lipinski definition) is 3. The van der Waals surface area contributed by atoms with Crippen LogP contribution in [0.2, 0.25) is 0 Å². The van der Waals surface area contributed by atoms with Crippen molar-refractivity contribution in [1.82, 2.24) is 10.2 Å². The summed E-state index contributed by atoms with van der Waals surface area (Å²) in [5, 5.41) is 2.90. The maximum absolute atomic E-state index is 13.3. The van der Waals surface area contributed by atoms with E-state index in [0.29, 0.717) is 6.54 Å². The largest absolute Gasteiger partial charge is 0.497 e. The molecule has 0 saturated heterocycles. The second-order valence-electron chi connectivity index (χ2n) is 7.55. The first-order chi connectivity index (χ1) is 15.5. The van der Waals surface area contributed by atoms with E-state index < -0.39 is 6.04 Å². The molecule has 0 unspecified atom stereocenters. The Morgan fingerprint density at radius 1 is 0.906 bits per heavy atom. The molecule has 6 heteroatoms. The monoisotopic (exact) mass is 434 g/mol. The van der Waals surface area contributed by atoms with Gasteiger partial charge in [0.25, 0.3) is 0 Å². The van der Waals surface area contributed by atoms with Gasteiger partial charge in [0, 0.05) is 13.1 Å². The first-order valence-corrected chi connectivity index (χ1v) is 10.4. The smallest absolute Gasteiger partial charge is 0.242 e. The number of rotatable bonds is 9. The van der Waals surface area contributed by atoms with Crippen LogP contribution in [0.15, 0.2) is 78.9 Å². The molecule has 0 heterocycles. The topological polar surface area (TPSA) is 58.6 Å². The summed E-state index contributed by atoms with van der Waals surface area (Å²) in [6.07, 6.45) is 0.179. The molecule has 0 aliphatic carbocycles. The molecule has 0 fully saturated rings. The molecule has 0 aliphatic rings. The van der Waals surface area contributed by atoms with Crippen molar-refractivity contribution in [3.63, 3.8) is 0 Å². The zero-order chi connectivity index (χ0) is 22.9. The standard InChI is InChI=1S/C26H27FN2O3/c1-19(26(31)28-17-21-10-14-24(32-2)15-11-21)29(18-22-8-12-23(27)13-9-22)25(30)16-20-6-4-3-5-7-20/h3-15,19H,16-18H2,1-2H3,(H,28,31)/t19-/m0/s1. The third kappa shape index (κ3) is 6.41. The average Bonchev–Trinajstić information content (AvgIpc) is 2.82. The van der Waals surface area contributed by atoms with E-state index in [-0.39, 0.29) is 30.6 Å². The van der Waals surface area contributed by atoms with Gasteiger partial charge in [-0.2, -0.15) is 0 Å². The van der Waals surface area contributed by atoms with Crippen LogP contribution in [0.1, 0.15) is 23.6 Å². The molecular formula is C26H27FN2O3. The highest BCUT2D eigenvalue weighted by atomic mass is 19.1. The third-order valence-electron chi connectivity index (χ3n) is 5.26. The minimum absolute atomic E-state index is 0.173. The Morgan fingerprint density at radius 2 is 1.53 bits per heavy atom. The molecule has 0 aromatic heterocycles. The summed E-state index contributed by atoms with van der Waals surface area (Å²) in [6, 6.07) is 22.0. The fourth-order valence-electron chi connectivity index (χ4n) is 3.32. The van der Waals surface area contributed by atoms with E-state index in [1.807, 2.05) is 54.6 Å². The zero-order valence-electron chi connectivity index (χ0n) is 18.3. The van der Waals surface area contributed by atoms with Gasteiger partial charge < -0.3 is 15.0 Å². The Balaban J connectivity index is 1.71. The molecular weight excluding hydrogens is 407 g/mol. The van der Waals surface area contributed by atoms with Gasteiger partial charge >= 0.3 is 0 Å². The van der Waals surface area contributed by atoms with Crippen molar-refractivity contribution in [2.24, 2.45) is 0 Å². The van der Waals surface area contributed by atoms with Crippen LogP contribution in [0.5, 0.6) is 5.75 Å². The predicted molar refractivity (Wildman–Crippen MR) is 121 cm³/mol. The van der Waals surface area contributed by atoms with E-state index in [9.17, 15) is 14.0 Å². The number of halogens is 1. The first kappa shape index (κ1) is 23.0. The zero-order valence-corrected chi connectivity index (χ0v) is 18.3. The van der Waals surface area contributed by atoms with Crippen LogP contribution < -0.4 is 10.1 Å². The van der Waals surface area contributed by atoms with Gasteiger partial charge in [0.05, 0.1) is 13.5 Å². The van der Waals surface area contributed by atoms with Crippen LogP contribution >= 0.6 is 0 Å². The molecule has 0 bridgehead atoms. The number of carbonyl (C=O) groups excluding carboxylic acids is 2. The summed E-state index contributed by atoms with van der Waals surface area (Å²) in [5.41, 5.74) is 2.54. The van der Waals surface area contributed by atoms with Gasteiger partial charge in [-0.3, -0.25) is 9.59 Å². The first-order valence-electron chi connectivity index (χ1n) is 10.4. The molecule has 32 heavy (non-hydrogen) atoms. The van der Waals surface area contributed by atoms with Crippen LogP contribution in [0.3, 0.4) is 0 Å². The lowest BCUT2D eigenvalue weighted by atomic mass is 10.1. The summed E-state index contributed by atoms with van der Waals surface area (Å²) in [7, 11) is 1.60. The van der Waals surface area contributed by atoms with Gasteiger partial charge in [-0.05, 0) is 47.9 Å². The second kappa shape index (κ2) is 11.1. The van der Waals surface area contributed by atoms with Crippen molar-refractivity contribution >= 4 is 11.8 Å². The Hall–Kier alpha value is -3.67. The van der Waals surface area contributed by atoms with Crippen molar-refractivity contribution < 1.29 is 18.7 Å². The molecule has 3 aromatic rings. The Kier molecular flexibility index (Phi) is 7.97. The number of amides is 2. The fraction of sp³-hybridized carbons (Fsp3) is 0.231. The van der Waals surface area contributed by atoms with Gasteiger partial charge in [-0.15, -0.1) is 0 Å². The number of carbonyl (C=O) groups is 2. The summed E-state index contributed by atoms with van der Waals surface area (Å²) in [4.78, 5) is 27.6. The third-order valence-corrected chi connectivity index (χ3v) is 5.26. The minimum Gasteiger partial charge on any atom is -0.497 e. The van der Waals surface area contributed by atoms with E-state index in [0.717, 1.165) is 22.4 Å². The molecule has 0 aliphatic heterocycles. The summed E-state index contributed by atoms with van der Waals surface area (Å²) >= 11 is 0. The van der Waals surface area contributed by atoms with Gasteiger partial charge in [-0.1, -0.05) is 54.6 Å². The Morgan fingerprint density at radius 3 is 2.16 bits per heavy atom. The number of ether oxygens (including phenoxy) is 1. The number of benzene rings is 3. The minimum atomic E-state index is -0.700. The van der Waals surface area contributed by atoms with Gasteiger partial charge in [0.2, 0.25) is 11.8 Å². The maximum Gasteiger partial charge on any atom is 0.242 e. The van der Waals surface area contributed by atoms with Crippen molar-refractivity contribution in [3.05, 3.63) is 101 Å². The second-order valence-corrected chi connectivity index (χ2v) is 7.55. The highest BCUT2D eigenvalue weighted by Gasteiger charge is 2.26. The van der Waals surface area contributed by atoms with Crippen molar-refractivity contribution in [1.29, 1.82) is 0 Å². The predicted octanol–water partition coefficient (Wildman–Crippen LogP) is 4.11. The molecule has 0 spiro atoms. The van der Waals surface area contributed by atoms with Crippen LogP contribution in [0, 0.1) is 5.82 Å². The molecule has 2 amide bonds. The lowest BCUT2D eigenvalue weighted by Crippen LogP contribution is -2.48. The van der Waals surface area contributed by atoms with E-state index in [1.165, 1.54) is 17.0 Å². The van der Waals surface area contributed by atoms with Crippen LogP contribution in [-0.4, -0.2) is 29.9 Å². The summed E-state index contributed by atoms with van der Waals surface area (Å²) < 4.78 is 18.5. The van der Waals surface area contributed by atoms with E-state index in [4.69, 9.17) is 4.74 Å². The van der Waals surface area contributed by atoms with E-state index >= 15 is 0 Å². The molecule has 0 saturated carbocycles. The van der Waals surface area contributed by atoms with Gasteiger partial charge in [-0.25, -0.2) is 4.39 Å². The average molecular weight is 435 g/mol. The Bertz CT molecular complexity index is 1020. The number of nitrogens with one attached hydrogen (secondary N) is 1. The van der Waals surface area contributed by atoms with Crippen molar-refractivity contribution in [2.45, 2.75) is 32.5 Å². The van der Waals surface area contributed by atoms with Crippen LogP contribution in [-0.2, 0) is 29.1 Å². The molecule has 0 radical (unpaired) electrons. The summed E-state index contributed by atoms with van der Waals surface area (Å²) in [5.74, 6) is -0.0383. The van der Waals surface area contributed by atoms with Crippen molar-refractivity contribution in [2.75, 3.05) is 7.11 Å². The normalized spacial score (nSPS) is 11.5. The molecule has 5 nitrogen and oxygen atoms in total. The number of nitrogens with zero attached hydrogens (tertiary/aromatic N) is 1. The van der Waals surface area contributed by atoms with Crippen molar-refractivity contribution in [3.8, 4) is 5.75 Å². The SMILES string of the molecule is COc1ccc(CNC(=O)[C@H](C)N(Cc2ccc(F)cc2)C(=O)Cc2ccccc2)cc1. The highest BCUT2D eigenvalue weighted by molar-refractivity contribution is 5.88. The highest BCUT2D eigenvalue weighted by Crippen LogP contribution is 2.14. The molecule has 3 aromatic carbocycles.